The van der Waals surface area contributed by atoms with Crippen molar-refractivity contribution in [1.82, 2.24) is 5.32 Å². The van der Waals surface area contributed by atoms with Crippen molar-refractivity contribution in [3.8, 4) is 0 Å². The van der Waals surface area contributed by atoms with Gasteiger partial charge in [-0.3, -0.25) is 0 Å². The highest BCUT2D eigenvalue weighted by Gasteiger charge is 2.59. The van der Waals surface area contributed by atoms with E-state index in [2.05, 4.69) is 38.4 Å². The van der Waals surface area contributed by atoms with Crippen LogP contribution in [0.3, 0.4) is 0 Å². The molecule has 8 atom stereocenters. The van der Waals surface area contributed by atoms with Crippen LogP contribution in [-0.4, -0.2) is 24.3 Å². The number of fused-ring (bicyclic) bond motifs is 5. The zero-order valence-corrected chi connectivity index (χ0v) is 14.5. The molecule has 2 heteroatoms. The van der Waals surface area contributed by atoms with Crippen molar-refractivity contribution in [2.75, 3.05) is 7.05 Å². The predicted molar refractivity (Wildman–Crippen MR) is 90.5 cm³/mol. The maximum Gasteiger partial charge on any atom is 0.0724 e. The Morgan fingerprint density at radius 1 is 1.05 bits per heavy atom. The minimum atomic E-state index is -0.191. The van der Waals surface area contributed by atoms with Gasteiger partial charge in [0.15, 0.2) is 0 Å². The Bertz CT molecular complexity index is 474. The number of aliphatic hydroxyl groups is 1. The molecule has 22 heavy (non-hydrogen) atoms. The van der Waals surface area contributed by atoms with E-state index in [9.17, 15) is 5.11 Å². The zero-order valence-electron chi connectivity index (χ0n) is 14.5. The van der Waals surface area contributed by atoms with Gasteiger partial charge in [-0.05, 0) is 86.5 Å². The smallest absolute Gasteiger partial charge is 0.0724 e. The standard InChI is InChI=1S/C20H33NO/c1-19-10-8-14(22)12-13(19)4-5-15-16-6-7-18(21-3)20(16,2)11-9-17(15)19/h8,10,13-18,21-22H,4-7,9,11-12H2,1-3H3/t13-,14-,15+,16+,17+,18+,19+,20+/m1/s1. The summed E-state index contributed by atoms with van der Waals surface area (Å²) in [5, 5.41) is 13.6. The van der Waals surface area contributed by atoms with E-state index < -0.39 is 0 Å². The average molecular weight is 303 g/mol. The second-order valence-corrected chi connectivity index (χ2v) is 9.14. The summed E-state index contributed by atoms with van der Waals surface area (Å²) in [6, 6.07) is 0.729. The normalized spacial score (nSPS) is 57.1. The van der Waals surface area contributed by atoms with Crippen LogP contribution in [0.5, 0.6) is 0 Å². The van der Waals surface area contributed by atoms with Crippen LogP contribution in [0.25, 0.3) is 0 Å². The molecule has 4 aliphatic rings. The number of hydrogen-bond donors (Lipinski definition) is 2. The van der Waals surface area contributed by atoms with E-state index in [0.717, 1.165) is 30.2 Å². The van der Waals surface area contributed by atoms with Crippen molar-refractivity contribution < 1.29 is 5.11 Å². The van der Waals surface area contributed by atoms with Gasteiger partial charge in [-0.15, -0.1) is 0 Å². The van der Waals surface area contributed by atoms with Crippen molar-refractivity contribution in [1.29, 1.82) is 0 Å². The molecular formula is C20H33NO. The number of allylic oxidation sites excluding steroid dienone is 1. The van der Waals surface area contributed by atoms with Crippen LogP contribution >= 0.6 is 0 Å². The van der Waals surface area contributed by atoms with Crippen molar-refractivity contribution in [2.24, 2.45) is 34.5 Å². The van der Waals surface area contributed by atoms with Gasteiger partial charge in [-0.1, -0.05) is 26.0 Å². The van der Waals surface area contributed by atoms with Gasteiger partial charge in [-0.25, -0.2) is 0 Å². The predicted octanol–water partition coefficient (Wildman–Crippen LogP) is 3.75. The van der Waals surface area contributed by atoms with E-state index in [1.54, 1.807) is 0 Å². The van der Waals surface area contributed by atoms with Gasteiger partial charge in [-0.2, -0.15) is 0 Å². The Kier molecular flexibility index (Phi) is 3.51. The highest BCUT2D eigenvalue weighted by Crippen LogP contribution is 2.65. The second kappa shape index (κ2) is 5.08. The highest BCUT2D eigenvalue weighted by atomic mass is 16.3. The minimum absolute atomic E-state index is 0.191. The maximum atomic E-state index is 10.0. The molecule has 0 aromatic heterocycles. The molecule has 0 heterocycles. The summed E-state index contributed by atoms with van der Waals surface area (Å²) in [5.41, 5.74) is 0.873. The lowest BCUT2D eigenvalue weighted by molar-refractivity contribution is -0.0806. The molecule has 2 nitrogen and oxygen atoms in total. The summed E-state index contributed by atoms with van der Waals surface area (Å²) >= 11 is 0. The van der Waals surface area contributed by atoms with Gasteiger partial charge in [0.2, 0.25) is 0 Å². The van der Waals surface area contributed by atoms with Crippen molar-refractivity contribution in [3.05, 3.63) is 12.2 Å². The highest BCUT2D eigenvalue weighted by molar-refractivity contribution is 5.17. The molecule has 0 amide bonds. The van der Waals surface area contributed by atoms with Gasteiger partial charge in [0, 0.05) is 6.04 Å². The summed E-state index contributed by atoms with van der Waals surface area (Å²) in [7, 11) is 2.16. The second-order valence-electron chi connectivity index (χ2n) is 9.14. The molecule has 3 saturated carbocycles. The van der Waals surface area contributed by atoms with Crippen LogP contribution < -0.4 is 5.32 Å². The first-order valence-corrected chi connectivity index (χ1v) is 9.53. The van der Waals surface area contributed by atoms with Crippen LogP contribution in [0.1, 0.15) is 58.8 Å². The molecule has 0 saturated heterocycles. The Labute approximate surface area is 135 Å². The molecule has 4 rings (SSSR count). The number of aliphatic hydroxyl groups excluding tert-OH is 1. The summed E-state index contributed by atoms with van der Waals surface area (Å²) in [5.74, 6) is 3.39. The fraction of sp³-hybridized carbons (Fsp3) is 0.900. The molecule has 0 aliphatic heterocycles. The Morgan fingerprint density at radius 3 is 2.64 bits per heavy atom. The molecule has 0 radical (unpaired) electrons. The topological polar surface area (TPSA) is 32.3 Å². The van der Waals surface area contributed by atoms with Crippen LogP contribution in [0.2, 0.25) is 0 Å². The van der Waals surface area contributed by atoms with E-state index in [4.69, 9.17) is 0 Å². The fourth-order valence-corrected chi connectivity index (χ4v) is 7.26. The van der Waals surface area contributed by atoms with E-state index in [0.29, 0.717) is 16.7 Å². The molecule has 4 aliphatic carbocycles. The zero-order chi connectivity index (χ0) is 15.5. The largest absolute Gasteiger partial charge is 0.389 e. The number of nitrogens with one attached hydrogen (secondary N) is 1. The van der Waals surface area contributed by atoms with Gasteiger partial charge in [0.05, 0.1) is 6.10 Å². The van der Waals surface area contributed by atoms with Crippen LogP contribution in [-0.2, 0) is 0 Å². The summed E-state index contributed by atoms with van der Waals surface area (Å²) < 4.78 is 0. The number of rotatable bonds is 1. The third kappa shape index (κ3) is 1.92. The molecular weight excluding hydrogens is 270 g/mol. The first-order chi connectivity index (χ1) is 10.5. The molecule has 3 fully saturated rings. The van der Waals surface area contributed by atoms with Gasteiger partial charge < -0.3 is 10.4 Å². The van der Waals surface area contributed by atoms with Crippen molar-refractivity contribution >= 4 is 0 Å². The first kappa shape index (κ1) is 15.2. The van der Waals surface area contributed by atoms with Gasteiger partial charge >= 0.3 is 0 Å². The lowest BCUT2D eigenvalue weighted by Crippen LogP contribution is -2.54. The molecule has 124 valence electrons. The van der Waals surface area contributed by atoms with Gasteiger partial charge in [0.25, 0.3) is 0 Å². The number of hydrogen-bond acceptors (Lipinski definition) is 2. The molecule has 0 bridgehead atoms. The summed E-state index contributed by atoms with van der Waals surface area (Å²) in [6.45, 7) is 5.07. The first-order valence-electron chi connectivity index (χ1n) is 9.53. The molecule has 0 unspecified atom stereocenters. The Balaban J connectivity index is 1.65. The third-order valence-corrected chi connectivity index (χ3v) is 8.52. The lowest BCUT2D eigenvalue weighted by atomic mass is 9.46. The Morgan fingerprint density at radius 2 is 1.86 bits per heavy atom. The lowest BCUT2D eigenvalue weighted by Gasteiger charge is -2.59. The molecule has 2 N–H and O–H groups in total. The monoisotopic (exact) mass is 303 g/mol. The van der Waals surface area contributed by atoms with Crippen LogP contribution in [0.4, 0.5) is 0 Å². The van der Waals surface area contributed by atoms with Crippen molar-refractivity contribution in [3.63, 3.8) is 0 Å². The third-order valence-electron chi connectivity index (χ3n) is 8.52. The van der Waals surface area contributed by atoms with E-state index >= 15 is 0 Å². The van der Waals surface area contributed by atoms with Crippen LogP contribution in [0.15, 0.2) is 12.2 Å². The summed E-state index contributed by atoms with van der Waals surface area (Å²) in [4.78, 5) is 0. The maximum absolute atomic E-state index is 10.0. The Hall–Kier alpha value is -0.340. The van der Waals surface area contributed by atoms with E-state index in [1.165, 1.54) is 38.5 Å². The SMILES string of the molecule is CN[C@H]1CC[C@H]2[C@@H]3CC[C@@H]4C[C@H](O)C=C[C@]4(C)[C@H]3CC[C@]12C. The fourth-order valence-electron chi connectivity index (χ4n) is 7.26. The molecule has 0 aromatic carbocycles. The van der Waals surface area contributed by atoms with E-state index in [1.807, 2.05) is 0 Å². The van der Waals surface area contributed by atoms with Crippen LogP contribution in [0, 0.1) is 34.5 Å². The van der Waals surface area contributed by atoms with E-state index in [-0.39, 0.29) is 6.10 Å². The summed E-state index contributed by atoms with van der Waals surface area (Å²) in [6.07, 6.45) is 13.6. The quantitative estimate of drug-likeness (QED) is 0.723. The average Bonchev–Trinajstić information content (AvgIpc) is 2.84. The minimum Gasteiger partial charge on any atom is -0.389 e. The van der Waals surface area contributed by atoms with Crippen molar-refractivity contribution in [2.45, 2.75) is 70.9 Å². The molecule has 0 aromatic rings. The van der Waals surface area contributed by atoms with Gasteiger partial charge in [0.1, 0.15) is 0 Å². The molecule has 0 spiro atoms.